The molecule has 1 aromatic heterocycles. The molecule has 0 aromatic carbocycles. The van der Waals surface area contributed by atoms with Gasteiger partial charge in [0.25, 0.3) is 0 Å². The molecule has 0 saturated carbocycles. The number of anilines is 1. The number of nitrogens with zero attached hydrogens (tertiary/aromatic N) is 3. The molecule has 27 heavy (non-hydrogen) atoms. The van der Waals surface area contributed by atoms with Gasteiger partial charge in [-0.15, -0.1) is 0 Å². The van der Waals surface area contributed by atoms with E-state index in [2.05, 4.69) is 9.72 Å². The normalized spacial score (nSPS) is 18.3. The van der Waals surface area contributed by atoms with E-state index in [4.69, 9.17) is 4.74 Å². The third-order valence-corrected chi connectivity index (χ3v) is 3.88. The Morgan fingerprint density at radius 3 is 2.33 bits per heavy atom. The summed E-state index contributed by atoms with van der Waals surface area (Å²) >= 11 is 0. The molecule has 150 valence electrons. The molecule has 1 atom stereocenters. The van der Waals surface area contributed by atoms with Crippen LogP contribution in [0.2, 0.25) is 0 Å². The number of alkyl halides is 3. The Labute approximate surface area is 155 Å². The molecule has 1 aromatic rings. The van der Waals surface area contributed by atoms with Crippen LogP contribution in [0.15, 0.2) is 18.3 Å². The zero-order chi connectivity index (χ0) is 20.4. The van der Waals surface area contributed by atoms with E-state index in [0.29, 0.717) is 0 Å². The average molecular weight is 389 g/mol. The SMILES string of the molecule is COC(=O)c1ccc(N2CCN(C(=O)OC(C)(C)C)CC2C(F)(F)F)cn1. The standard InChI is InChI=1S/C17H22F3N3O4/c1-16(2,3)27-15(25)22-7-8-23(13(10-22)17(18,19)20)11-5-6-12(21-9-11)14(24)26-4/h5-6,9,13H,7-8,10H2,1-4H3. The van der Waals surface area contributed by atoms with Gasteiger partial charge in [-0.3, -0.25) is 0 Å². The third kappa shape index (κ3) is 5.24. The highest BCUT2D eigenvalue weighted by atomic mass is 19.4. The van der Waals surface area contributed by atoms with Crippen molar-refractivity contribution >= 4 is 17.7 Å². The Bertz CT molecular complexity index is 686. The van der Waals surface area contributed by atoms with Crippen LogP contribution < -0.4 is 4.90 Å². The molecule has 1 aliphatic rings. The van der Waals surface area contributed by atoms with Gasteiger partial charge in [-0.1, -0.05) is 0 Å². The Morgan fingerprint density at radius 2 is 1.85 bits per heavy atom. The molecule has 1 aliphatic heterocycles. The molecule has 1 saturated heterocycles. The first-order chi connectivity index (χ1) is 12.4. The third-order valence-electron chi connectivity index (χ3n) is 3.88. The number of carbonyl (C=O) groups excluding carboxylic acids is 2. The highest BCUT2D eigenvalue weighted by molar-refractivity contribution is 5.87. The van der Waals surface area contributed by atoms with Crippen molar-refractivity contribution in [2.24, 2.45) is 0 Å². The summed E-state index contributed by atoms with van der Waals surface area (Å²) in [4.78, 5) is 29.6. The van der Waals surface area contributed by atoms with Gasteiger partial charge in [-0.25, -0.2) is 14.6 Å². The first-order valence-electron chi connectivity index (χ1n) is 8.28. The molecule has 1 amide bonds. The number of hydrogen-bond donors (Lipinski definition) is 0. The number of halogens is 3. The lowest BCUT2D eigenvalue weighted by atomic mass is 10.1. The number of hydrogen-bond acceptors (Lipinski definition) is 6. The van der Waals surface area contributed by atoms with Gasteiger partial charge < -0.3 is 19.3 Å². The fourth-order valence-electron chi connectivity index (χ4n) is 2.65. The van der Waals surface area contributed by atoms with E-state index in [1.165, 1.54) is 25.4 Å². The van der Waals surface area contributed by atoms with E-state index in [0.717, 1.165) is 9.80 Å². The van der Waals surface area contributed by atoms with E-state index in [1.807, 2.05) is 0 Å². The minimum absolute atomic E-state index is 0.00259. The van der Waals surface area contributed by atoms with Crippen molar-refractivity contribution < 1.29 is 32.2 Å². The highest BCUT2D eigenvalue weighted by Crippen LogP contribution is 2.32. The number of amides is 1. The van der Waals surface area contributed by atoms with Crippen molar-refractivity contribution in [2.75, 3.05) is 31.6 Å². The van der Waals surface area contributed by atoms with Gasteiger partial charge in [0.2, 0.25) is 0 Å². The van der Waals surface area contributed by atoms with Crippen LogP contribution in [-0.2, 0) is 9.47 Å². The van der Waals surface area contributed by atoms with Crippen LogP contribution >= 0.6 is 0 Å². The van der Waals surface area contributed by atoms with Crippen LogP contribution in [0.25, 0.3) is 0 Å². The zero-order valence-corrected chi connectivity index (χ0v) is 15.5. The predicted octanol–water partition coefficient (Wildman–Crippen LogP) is 2.86. The van der Waals surface area contributed by atoms with Crippen molar-refractivity contribution in [3.63, 3.8) is 0 Å². The number of aromatic nitrogens is 1. The Kier molecular flexibility index (Phi) is 5.86. The average Bonchev–Trinajstić information content (AvgIpc) is 2.58. The molecule has 1 fully saturated rings. The Balaban J connectivity index is 2.20. The van der Waals surface area contributed by atoms with Gasteiger partial charge in [0.1, 0.15) is 17.3 Å². The van der Waals surface area contributed by atoms with Crippen LogP contribution in [0.1, 0.15) is 31.3 Å². The number of carbonyl (C=O) groups is 2. The predicted molar refractivity (Wildman–Crippen MR) is 90.6 cm³/mol. The summed E-state index contributed by atoms with van der Waals surface area (Å²) in [6.45, 7) is 4.41. The van der Waals surface area contributed by atoms with Gasteiger partial charge >= 0.3 is 18.2 Å². The van der Waals surface area contributed by atoms with Crippen molar-refractivity contribution in [3.05, 3.63) is 24.0 Å². The van der Waals surface area contributed by atoms with E-state index in [1.54, 1.807) is 20.8 Å². The molecule has 0 bridgehead atoms. The van der Waals surface area contributed by atoms with E-state index < -0.39 is 36.4 Å². The molecule has 7 nitrogen and oxygen atoms in total. The summed E-state index contributed by atoms with van der Waals surface area (Å²) in [5.41, 5.74) is -0.596. The van der Waals surface area contributed by atoms with Crippen LogP contribution in [0.4, 0.5) is 23.7 Å². The number of rotatable bonds is 2. The number of methoxy groups -OCH3 is 1. The second-order valence-corrected chi connectivity index (χ2v) is 7.07. The minimum Gasteiger partial charge on any atom is -0.464 e. The maximum atomic E-state index is 13.6. The van der Waals surface area contributed by atoms with Crippen molar-refractivity contribution in [2.45, 2.75) is 38.6 Å². The molecule has 1 unspecified atom stereocenters. The summed E-state index contributed by atoms with van der Waals surface area (Å²) in [5, 5.41) is 0. The van der Waals surface area contributed by atoms with E-state index in [9.17, 15) is 22.8 Å². The van der Waals surface area contributed by atoms with E-state index >= 15 is 0 Å². The Morgan fingerprint density at radius 1 is 1.19 bits per heavy atom. The first-order valence-corrected chi connectivity index (χ1v) is 8.28. The van der Waals surface area contributed by atoms with Gasteiger partial charge in [-0.05, 0) is 32.9 Å². The molecule has 10 heteroatoms. The molecule has 2 rings (SSSR count). The molecular formula is C17H22F3N3O4. The monoisotopic (exact) mass is 389 g/mol. The minimum atomic E-state index is -4.57. The van der Waals surface area contributed by atoms with Crippen molar-refractivity contribution in [3.8, 4) is 0 Å². The molecule has 0 radical (unpaired) electrons. The fourth-order valence-corrected chi connectivity index (χ4v) is 2.65. The van der Waals surface area contributed by atoms with Crippen molar-refractivity contribution in [1.29, 1.82) is 0 Å². The second kappa shape index (κ2) is 7.61. The zero-order valence-electron chi connectivity index (χ0n) is 15.5. The van der Waals surface area contributed by atoms with Gasteiger partial charge in [-0.2, -0.15) is 13.2 Å². The van der Waals surface area contributed by atoms with Gasteiger partial charge in [0.05, 0.1) is 25.5 Å². The maximum absolute atomic E-state index is 13.6. The van der Waals surface area contributed by atoms with Gasteiger partial charge in [0, 0.05) is 13.1 Å². The summed E-state index contributed by atoms with van der Waals surface area (Å²) in [6.07, 6.45) is -4.16. The summed E-state index contributed by atoms with van der Waals surface area (Å²) in [6, 6.07) is 0.764. The molecular weight excluding hydrogens is 367 g/mol. The fraction of sp³-hybridized carbons (Fsp3) is 0.588. The summed E-state index contributed by atoms with van der Waals surface area (Å²) < 4.78 is 50.5. The first kappa shape index (κ1) is 20.8. The van der Waals surface area contributed by atoms with Gasteiger partial charge in [0.15, 0.2) is 0 Å². The van der Waals surface area contributed by atoms with Crippen LogP contribution in [0.5, 0.6) is 0 Å². The lowest BCUT2D eigenvalue weighted by Crippen LogP contribution is -2.60. The molecule has 0 N–H and O–H groups in total. The van der Waals surface area contributed by atoms with E-state index in [-0.39, 0.29) is 24.5 Å². The lowest BCUT2D eigenvalue weighted by molar-refractivity contribution is -0.155. The molecule has 2 heterocycles. The topological polar surface area (TPSA) is 72.0 Å². The second-order valence-electron chi connectivity index (χ2n) is 7.07. The highest BCUT2D eigenvalue weighted by Gasteiger charge is 2.48. The molecule has 0 aliphatic carbocycles. The Hall–Kier alpha value is -2.52. The largest absolute Gasteiger partial charge is 0.464 e. The number of ether oxygens (including phenoxy) is 2. The molecule has 0 spiro atoms. The smallest absolute Gasteiger partial charge is 0.410 e. The summed E-state index contributed by atoms with van der Waals surface area (Å²) in [5.74, 6) is -0.677. The lowest BCUT2D eigenvalue weighted by Gasteiger charge is -2.43. The number of esters is 1. The summed E-state index contributed by atoms with van der Waals surface area (Å²) in [7, 11) is 1.19. The number of pyridine rings is 1. The van der Waals surface area contributed by atoms with Crippen LogP contribution in [0, 0.1) is 0 Å². The van der Waals surface area contributed by atoms with Crippen molar-refractivity contribution in [1.82, 2.24) is 9.88 Å². The maximum Gasteiger partial charge on any atom is 0.410 e. The van der Waals surface area contributed by atoms with Crippen LogP contribution in [-0.4, -0.2) is 66.5 Å². The number of piperazine rings is 1. The van der Waals surface area contributed by atoms with Crippen LogP contribution in [0.3, 0.4) is 0 Å². The quantitative estimate of drug-likeness (QED) is 0.725.